The van der Waals surface area contributed by atoms with E-state index in [1.54, 1.807) is 0 Å². The molecule has 1 atom stereocenters. The molecule has 1 fully saturated rings. The van der Waals surface area contributed by atoms with Crippen LogP contribution in [-0.2, 0) is 4.74 Å². The summed E-state index contributed by atoms with van der Waals surface area (Å²) < 4.78 is 71.7. The standard InChI is InChI=1S/C12H12F5NO2/c1-19-11-9(3-2-8(13)10(11)14)18-5-4-7(6-18)20-12(15,16)17/h2-3,7H,4-6H2,1H3/t7-/m1/s1. The number of alkyl halides is 3. The first kappa shape index (κ1) is 14.8. The second-order valence-corrected chi connectivity index (χ2v) is 4.33. The summed E-state index contributed by atoms with van der Waals surface area (Å²) >= 11 is 0. The van der Waals surface area contributed by atoms with Crippen molar-refractivity contribution in [2.75, 3.05) is 25.1 Å². The minimum Gasteiger partial charge on any atom is -0.491 e. The van der Waals surface area contributed by atoms with Gasteiger partial charge in [-0.3, -0.25) is 4.74 Å². The van der Waals surface area contributed by atoms with Crippen LogP contribution >= 0.6 is 0 Å². The monoisotopic (exact) mass is 297 g/mol. The highest BCUT2D eigenvalue weighted by Gasteiger charge is 2.37. The van der Waals surface area contributed by atoms with E-state index >= 15 is 0 Å². The fraction of sp³-hybridized carbons (Fsp3) is 0.500. The smallest absolute Gasteiger partial charge is 0.491 e. The van der Waals surface area contributed by atoms with Gasteiger partial charge >= 0.3 is 6.36 Å². The topological polar surface area (TPSA) is 21.7 Å². The molecule has 0 spiro atoms. The molecule has 0 bridgehead atoms. The van der Waals surface area contributed by atoms with Crippen LogP contribution in [-0.4, -0.2) is 32.7 Å². The average molecular weight is 297 g/mol. The first-order valence-corrected chi connectivity index (χ1v) is 5.83. The summed E-state index contributed by atoms with van der Waals surface area (Å²) in [6, 6.07) is 2.18. The Bertz CT molecular complexity index is 491. The van der Waals surface area contributed by atoms with Crippen molar-refractivity contribution in [3.63, 3.8) is 0 Å². The lowest BCUT2D eigenvalue weighted by atomic mass is 10.2. The number of ether oxygens (including phenoxy) is 2. The third-order valence-corrected chi connectivity index (χ3v) is 3.02. The molecule has 0 N–H and O–H groups in total. The summed E-state index contributed by atoms with van der Waals surface area (Å²) in [5, 5.41) is 0. The highest BCUT2D eigenvalue weighted by atomic mass is 19.4. The number of hydrogen-bond donors (Lipinski definition) is 0. The van der Waals surface area contributed by atoms with Crippen molar-refractivity contribution in [1.29, 1.82) is 0 Å². The molecular formula is C12H12F5NO2. The molecule has 1 aromatic rings. The third-order valence-electron chi connectivity index (χ3n) is 3.02. The molecule has 0 unspecified atom stereocenters. The molecule has 1 aromatic carbocycles. The van der Waals surface area contributed by atoms with Gasteiger partial charge in [0.2, 0.25) is 5.82 Å². The Morgan fingerprint density at radius 1 is 1.25 bits per heavy atom. The molecule has 1 heterocycles. The Kier molecular flexibility index (Phi) is 4.03. The molecule has 8 heteroatoms. The van der Waals surface area contributed by atoms with Gasteiger partial charge in [-0.15, -0.1) is 13.2 Å². The maximum Gasteiger partial charge on any atom is 0.522 e. The van der Waals surface area contributed by atoms with Gasteiger partial charge in [0.15, 0.2) is 11.6 Å². The molecule has 0 aliphatic carbocycles. The van der Waals surface area contributed by atoms with Crippen LogP contribution in [0.5, 0.6) is 5.75 Å². The van der Waals surface area contributed by atoms with E-state index in [2.05, 4.69) is 4.74 Å². The average Bonchev–Trinajstić information content (AvgIpc) is 2.78. The van der Waals surface area contributed by atoms with Crippen molar-refractivity contribution >= 4 is 5.69 Å². The van der Waals surface area contributed by atoms with E-state index in [0.717, 1.165) is 6.07 Å². The zero-order chi connectivity index (χ0) is 14.9. The SMILES string of the molecule is COc1c(N2CC[C@@H](OC(F)(F)F)C2)ccc(F)c1F. The van der Waals surface area contributed by atoms with E-state index in [0.29, 0.717) is 0 Å². The zero-order valence-electron chi connectivity index (χ0n) is 10.5. The molecule has 1 saturated heterocycles. The Hall–Kier alpha value is -1.57. The van der Waals surface area contributed by atoms with Crippen molar-refractivity contribution in [2.24, 2.45) is 0 Å². The fourth-order valence-electron chi connectivity index (χ4n) is 2.20. The fourth-order valence-corrected chi connectivity index (χ4v) is 2.20. The molecule has 0 amide bonds. The number of hydrogen-bond acceptors (Lipinski definition) is 3. The van der Waals surface area contributed by atoms with E-state index < -0.39 is 24.1 Å². The van der Waals surface area contributed by atoms with Crippen molar-refractivity contribution in [1.82, 2.24) is 0 Å². The van der Waals surface area contributed by atoms with Crippen LogP contribution in [0.3, 0.4) is 0 Å². The van der Waals surface area contributed by atoms with E-state index in [4.69, 9.17) is 4.74 Å². The zero-order valence-corrected chi connectivity index (χ0v) is 10.5. The van der Waals surface area contributed by atoms with Gasteiger partial charge in [-0.05, 0) is 18.6 Å². The first-order chi connectivity index (χ1) is 9.31. The van der Waals surface area contributed by atoms with Gasteiger partial charge in [-0.25, -0.2) is 4.39 Å². The van der Waals surface area contributed by atoms with Crippen molar-refractivity contribution in [3.05, 3.63) is 23.8 Å². The second-order valence-electron chi connectivity index (χ2n) is 4.33. The minimum atomic E-state index is -4.71. The summed E-state index contributed by atoms with van der Waals surface area (Å²) in [5.41, 5.74) is 0.208. The molecule has 3 nitrogen and oxygen atoms in total. The molecule has 1 aliphatic heterocycles. The lowest BCUT2D eigenvalue weighted by molar-refractivity contribution is -0.339. The van der Waals surface area contributed by atoms with Crippen LogP contribution in [0, 0.1) is 11.6 Å². The van der Waals surface area contributed by atoms with Gasteiger partial charge in [-0.2, -0.15) is 4.39 Å². The van der Waals surface area contributed by atoms with Crippen LogP contribution in [0.25, 0.3) is 0 Å². The normalized spacial score (nSPS) is 19.5. The minimum absolute atomic E-state index is 0.0685. The number of halogens is 5. The van der Waals surface area contributed by atoms with Gasteiger partial charge in [0, 0.05) is 13.1 Å². The van der Waals surface area contributed by atoms with Crippen LogP contribution in [0.1, 0.15) is 6.42 Å². The second kappa shape index (κ2) is 5.43. The van der Waals surface area contributed by atoms with Gasteiger partial charge < -0.3 is 9.64 Å². The molecule has 0 radical (unpaired) electrons. The maximum absolute atomic E-state index is 13.5. The predicted molar refractivity (Wildman–Crippen MR) is 60.7 cm³/mol. The Morgan fingerprint density at radius 2 is 1.95 bits per heavy atom. The van der Waals surface area contributed by atoms with Crippen LogP contribution in [0.2, 0.25) is 0 Å². The summed E-state index contributed by atoms with van der Waals surface area (Å²) in [6.45, 7) is 0.170. The molecule has 0 aromatic heterocycles. The summed E-state index contributed by atoms with van der Waals surface area (Å²) in [5.74, 6) is -2.56. The summed E-state index contributed by atoms with van der Waals surface area (Å²) in [4.78, 5) is 1.47. The Balaban J connectivity index is 2.16. The van der Waals surface area contributed by atoms with Gasteiger partial charge in [-0.1, -0.05) is 0 Å². The van der Waals surface area contributed by atoms with Crippen LogP contribution in [0.4, 0.5) is 27.6 Å². The van der Waals surface area contributed by atoms with Gasteiger partial charge in [0.25, 0.3) is 0 Å². The van der Waals surface area contributed by atoms with Crippen LogP contribution < -0.4 is 9.64 Å². The molecule has 0 saturated carbocycles. The molecule has 2 rings (SSSR count). The first-order valence-electron chi connectivity index (χ1n) is 5.83. The van der Waals surface area contributed by atoms with E-state index in [1.165, 1.54) is 18.1 Å². The molecular weight excluding hydrogens is 285 g/mol. The van der Waals surface area contributed by atoms with Crippen molar-refractivity contribution in [2.45, 2.75) is 18.9 Å². The summed E-state index contributed by atoms with van der Waals surface area (Å²) in [7, 11) is 1.17. The number of methoxy groups -OCH3 is 1. The van der Waals surface area contributed by atoms with E-state index in [-0.39, 0.29) is 30.9 Å². The van der Waals surface area contributed by atoms with Crippen molar-refractivity contribution < 1.29 is 31.4 Å². The predicted octanol–water partition coefficient (Wildman–Crippen LogP) is 3.09. The van der Waals surface area contributed by atoms with Gasteiger partial charge in [0.05, 0.1) is 18.9 Å². The number of benzene rings is 1. The number of anilines is 1. The quantitative estimate of drug-likeness (QED) is 0.800. The highest BCUT2D eigenvalue weighted by Crippen LogP contribution is 2.35. The van der Waals surface area contributed by atoms with Crippen molar-refractivity contribution in [3.8, 4) is 5.75 Å². The number of nitrogens with zero attached hydrogens (tertiary/aromatic N) is 1. The van der Waals surface area contributed by atoms with E-state index in [9.17, 15) is 22.0 Å². The maximum atomic E-state index is 13.5. The lowest BCUT2D eigenvalue weighted by Crippen LogP contribution is -2.28. The third kappa shape index (κ3) is 3.12. The Labute approximate surface area is 111 Å². The van der Waals surface area contributed by atoms with Gasteiger partial charge in [0.1, 0.15) is 0 Å². The molecule has 1 aliphatic rings. The Morgan fingerprint density at radius 3 is 2.55 bits per heavy atom. The van der Waals surface area contributed by atoms with E-state index in [1.807, 2.05) is 0 Å². The number of rotatable bonds is 3. The molecule has 20 heavy (non-hydrogen) atoms. The molecule has 112 valence electrons. The highest BCUT2D eigenvalue weighted by molar-refractivity contribution is 5.60. The lowest BCUT2D eigenvalue weighted by Gasteiger charge is -2.22. The summed E-state index contributed by atoms with van der Waals surface area (Å²) in [6.07, 6.45) is -5.60. The van der Waals surface area contributed by atoms with Crippen LogP contribution in [0.15, 0.2) is 12.1 Å². The largest absolute Gasteiger partial charge is 0.522 e.